The van der Waals surface area contributed by atoms with Gasteiger partial charge in [0.15, 0.2) is 0 Å². The summed E-state index contributed by atoms with van der Waals surface area (Å²) in [7, 11) is -0.517. The zero-order chi connectivity index (χ0) is 14.5. The zero-order valence-corrected chi connectivity index (χ0v) is 12.6. The average molecular weight is 277 g/mol. The number of rotatable bonds is 2. The fourth-order valence-corrected chi connectivity index (χ4v) is 2.57. The van der Waals surface area contributed by atoms with Gasteiger partial charge in [0, 0.05) is 11.6 Å². The molecular formula is C15H21BFNO2. The molecule has 0 N–H and O–H groups in total. The van der Waals surface area contributed by atoms with E-state index in [2.05, 4.69) is 4.98 Å². The van der Waals surface area contributed by atoms with Crippen LogP contribution in [0.5, 0.6) is 0 Å². The van der Waals surface area contributed by atoms with Crippen molar-refractivity contribution in [2.75, 3.05) is 0 Å². The Bertz CT molecular complexity index is 513. The topological polar surface area (TPSA) is 31.4 Å². The van der Waals surface area contributed by atoms with Crippen LogP contribution in [0.4, 0.5) is 4.39 Å². The Morgan fingerprint density at radius 2 is 1.75 bits per heavy atom. The van der Waals surface area contributed by atoms with Crippen LogP contribution in [0.15, 0.2) is 12.1 Å². The van der Waals surface area contributed by atoms with E-state index in [1.807, 2.05) is 33.8 Å². The minimum atomic E-state index is -0.517. The molecule has 0 spiro atoms. The van der Waals surface area contributed by atoms with Crippen molar-refractivity contribution in [2.24, 2.45) is 0 Å². The van der Waals surface area contributed by atoms with Crippen LogP contribution in [0.3, 0.4) is 0 Å². The van der Waals surface area contributed by atoms with Crippen LogP contribution in [0.2, 0.25) is 0 Å². The standard InChI is InChI=1S/C15H21BFNO2/c1-14(2)15(3,4)20-16(19-14)11-8-12(10-6-5-7-10)18-13(17)9-11/h8-10H,5-7H2,1-4H3. The second kappa shape index (κ2) is 4.53. The molecule has 1 aliphatic carbocycles. The van der Waals surface area contributed by atoms with E-state index >= 15 is 0 Å². The van der Waals surface area contributed by atoms with Gasteiger partial charge < -0.3 is 9.31 Å². The van der Waals surface area contributed by atoms with Gasteiger partial charge in [-0.1, -0.05) is 6.42 Å². The molecule has 0 atom stereocenters. The van der Waals surface area contributed by atoms with Crippen LogP contribution in [0.1, 0.15) is 58.6 Å². The number of hydrogen-bond donors (Lipinski definition) is 0. The molecule has 5 heteroatoms. The van der Waals surface area contributed by atoms with Crippen molar-refractivity contribution >= 4 is 12.6 Å². The molecule has 3 nitrogen and oxygen atoms in total. The van der Waals surface area contributed by atoms with Crippen molar-refractivity contribution in [3.05, 3.63) is 23.8 Å². The predicted molar refractivity (Wildman–Crippen MR) is 76.5 cm³/mol. The SMILES string of the molecule is CC1(C)OB(c2cc(F)nc(C3CCC3)c2)OC1(C)C. The first kappa shape index (κ1) is 14.0. The molecule has 3 rings (SSSR count). The highest BCUT2D eigenvalue weighted by Crippen LogP contribution is 2.38. The molecule has 1 aromatic rings. The molecule has 0 bridgehead atoms. The first-order valence-electron chi connectivity index (χ1n) is 7.31. The summed E-state index contributed by atoms with van der Waals surface area (Å²) in [5.74, 6) is -0.0500. The maximum absolute atomic E-state index is 13.8. The van der Waals surface area contributed by atoms with Gasteiger partial charge in [-0.2, -0.15) is 4.39 Å². The molecule has 108 valence electrons. The van der Waals surface area contributed by atoms with Crippen LogP contribution in [0.25, 0.3) is 0 Å². The van der Waals surface area contributed by atoms with Gasteiger partial charge in [0.25, 0.3) is 0 Å². The molecule has 2 heterocycles. The summed E-state index contributed by atoms with van der Waals surface area (Å²) in [6.45, 7) is 7.99. The lowest BCUT2D eigenvalue weighted by molar-refractivity contribution is 0.00578. The second-order valence-corrected chi connectivity index (χ2v) is 6.86. The summed E-state index contributed by atoms with van der Waals surface area (Å²) in [5, 5.41) is 0. The van der Waals surface area contributed by atoms with Crippen LogP contribution in [0, 0.1) is 5.95 Å². The smallest absolute Gasteiger partial charge is 0.399 e. The highest BCUT2D eigenvalue weighted by atomic mass is 19.1. The van der Waals surface area contributed by atoms with E-state index in [4.69, 9.17) is 9.31 Å². The summed E-state index contributed by atoms with van der Waals surface area (Å²) in [5.41, 5.74) is 0.751. The van der Waals surface area contributed by atoms with Gasteiger partial charge in [-0.15, -0.1) is 0 Å². The van der Waals surface area contributed by atoms with E-state index in [-0.39, 0.29) is 0 Å². The van der Waals surface area contributed by atoms with Gasteiger partial charge in [-0.05, 0) is 58.1 Å². The molecule has 0 aromatic carbocycles. The third kappa shape index (κ3) is 2.27. The lowest BCUT2D eigenvalue weighted by Crippen LogP contribution is -2.41. The monoisotopic (exact) mass is 277 g/mol. The van der Waals surface area contributed by atoms with Crippen molar-refractivity contribution in [1.82, 2.24) is 4.98 Å². The molecule has 1 aliphatic heterocycles. The third-order valence-electron chi connectivity index (χ3n) is 4.89. The Morgan fingerprint density at radius 3 is 2.25 bits per heavy atom. The molecule has 1 saturated carbocycles. The molecule has 20 heavy (non-hydrogen) atoms. The Labute approximate surface area is 120 Å². The summed E-state index contributed by atoms with van der Waals surface area (Å²) in [4.78, 5) is 4.02. The minimum absolute atomic E-state index is 0.395. The Balaban J connectivity index is 1.89. The minimum Gasteiger partial charge on any atom is -0.399 e. The lowest BCUT2D eigenvalue weighted by atomic mass is 9.76. The fraction of sp³-hybridized carbons (Fsp3) is 0.667. The zero-order valence-electron chi connectivity index (χ0n) is 12.6. The molecule has 1 aromatic heterocycles. The van der Waals surface area contributed by atoms with Crippen molar-refractivity contribution in [3.63, 3.8) is 0 Å². The number of pyridine rings is 1. The van der Waals surface area contributed by atoms with Gasteiger partial charge in [0.1, 0.15) is 0 Å². The van der Waals surface area contributed by atoms with E-state index in [0.717, 1.165) is 24.0 Å². The molecule has 2 fully saturated rings. The van der Waals surface area contributed by atoms with Crippen LogP contribution >= 0.6 is 0 Å². The van der Waals surface area contributed by atoms with Crippen molar-refractivity contribution in [2.45, 2.75) is 64.1 Å². The quantitative estimate of drug-likeness (QED) is 0.615. The van der Waals surface area contributed by atoms with Gasteiger partial charge in [0.2, 0.25) is 5.95 Å². The van der Waals surface area contributed by atoms with E-state index in [1.54, 1.807) is 0 Å². The first-order chi connectivity index (χ1) is 9.28. The highest BCUT2D eigenvalue weighted by Gasteiger charge is 2.52. The summed E-state index contributed by atoms with van der Waals surface area (Å²) >= 11 is 0. The summed E-state index contributed by atoms with van der Waals surface area (Å²) < 4.78 is 25.7. The summed E-state index contributed by atoms with van der Waals surface area (Å²) in [6.07, 6.45) is 3.40. The van der Waals surface area contributed by atoms with Crippen molar-refractivity contribution < 1.29 is 13.7 Å². The number of hydrogen-bond acceptors (Lipinski definition) is 3. The van der Waals surface area contributed by atoms with Gasteiger partial charge in [-0.25, -0.2) is 4.98 Å². The largest absolute Gasteiger partial charge is 0.495 e. The molecule has 0 radical (unpaired) electrons. The molecule has 2 aliphatic rings. The van der Waals surface area contributed by atoms with Crippen LogP contribution < -0.4 is 5.46 Å². The number of nitrogens with zero attached hydrogens (tertiary/aromatic N) is 1. The van der Waals surface area contributed by atoms with Gasteiger partial charge in [-0.3, -0.25) is 0 Å². The maximum Gasteiger partial charge on any atom is 0.495 e. The molecule has 0 unspecified atom stereocenters. The van der Waals surface area contributed by atoms with Crippen molar-refractivity contribution in [3.8, 4) is 0 Å². The van der Waals surface area contributed by atoms with Gasteiger partial charge in [0.05, 0.1) is 11.2 Å². The van der Waals surface area contributed by atoms with Crippen molar-refractivity contribution in [1.29, 1.82) is 0 Å². The highest BCUT2D eigenvalue weighted by molar-refractivity contribution is 6.62. The predicted octanol–water partition coefficient (Wildman–Crippen LogP) is 2.79. The normalized spacial score (nSPS) is 24.8. The van der Waals surface area contributed by atoms with Gasteiger partial charge >= 0.3 is 7.12 Å². The van der Waals surface area contributed by atoms with E-state index < -0.39 is 24.3 Å². The summed E-state index contributed by atoms with van der Waals surface area (Å²) in [6, 6.07) is 3.36. The Kier molecular flexibility index (Phi) is 3.18. The Hall–Kier alpha value is -0.935. The van der Waals surface area contributed by atoms with Crippen LogP contribution in [-0.2, 0) is 9.31 Å². The van der Waals surface area contributed by atoms with E-state index in [1.165, 1.54) is 12.5 Å². The molecule has 1 saturated heterocycles. The Morgan fingerprint density at radius 1 is 1.15 bits per heavy atom. The second-order valence-electron chi connectivity index (χ2n) is 6.86. The van der Waals surface area contributed by atoms with Crippen LogP contribution in [-0.4, -0.2) is 23.3 Å². The first-order valence-corrected chi connectivity index (χ1v) is 7.31. The lowest BCUT2D eigenvalue weighted by Gasteiger charge is -2.32. The molecular weight excluding hydrogens is 256 g/mol. The average Bonchev–Trinajstić information content (AvgIpc) is 2.45. The number of halogens is 1. The van der Waals surface area contributed by atoms with E-state index in [0.29, 0.717) is 5.92 Å². The fourth-order valence-electron chi connectivity index (χ4n) is 2.57. The third-order valence-corrected chi connectivity index (χ3v) is 4.89. The molecule has 0 amide bonds. The number of aromatic nitrogens is 1. The maximum atomic E-state index is 13.8. The van der Waals surface area contributed by atoms with E-state index in [9.17, 15) is 4.39 Å².